The van der Waals surface area contributed by atoms with E-state index in [1.165, 1.54) is 31.7 Å². The molecule has 18 heavy (non-hydrogen) atoms. The number of anilines is 1. The van der Waals surface area contributed by atoms with E-state index >= 15 is 0 Å². The van der Waals surface area contributed by atoms with Crippen LogP contribution in [-0.4, -0.2) is 11.0 Å². The van der Waals surface area contributed by atoms with Crippen LogP contribution in [0.3, 0.4) is 0 Å². The molecule has 1 heterocycles. The molecule has 2 fully saturated rings. The number of hydrogen-bond acceptors (Lipinski definition) is 2. The number of alkyl halides is 3. The number of aromatic nitrogens is 1. The van der Waals surface area contributed by atoms with Crippen molar-refractivity contribution in [3.05, 3.63) is 23.9 Å². The lowest BCUT2D eigenvalue weighted by Gasteiger charge is -2.19. The van der Waals surface area contributed by atoms with Crippen LogP contribution in [0.2, 0.25) is 0 Å². The minimum atomic E-state index is -4.37. The quantitative estimate of drug-likeness (QED) is 0.888. The monoisotopic (exact) mass is 256 g/mol. The van der Waals surface area contributed by atoms with E-state index in [0.717, 1.165) is 6.07 Å². The molecule has 98 valence electrons. The Bertz CT molecular complexity index is 424. The average Bonchev–Trinajstić information content (AvgIpc) is 3.16. The Labute approximate surface area is 104 Å². The van der Waals surface area contributed by atoms with Crippen LogP contribution in [-0.2, 0) is 6.18 Å². The summed E-state index contributed by atoms with van der Waals surface area (Å²) in [4.78, 5) is 3.67. The Morgan fingerprint density at radius 2 is 1.72 bits per heavy atom. The van der Waals surface area contributed by atoms with Crippen molar-refractivity contribution in [2.45, 2.75) is 37.9 Å². The number of halogens is 3. The number of nitrogens with zero attached hydrogens (tertiary/aromatic N) is 1. The Morgan fingerprint density at radius 1 is 1.11 bits per heavy atom. The van der Waals surface area contributed by atoms with E-state index < -0.39 is 11.9 Å². The van der Waals surface area contributed by atoms with Crippen LogP contribution in [0.15, 0.2) is 18.2 Å². The van der Waals surface area contributed by atoms with Gasteiger partial charge < -0.3 is 5.32 Å². The molecule has 1 aromatic rings. The second-order valence-electron chi connectivity index (χ2n) is 5.25. The first-order valence-electron chi connectivity index (χ1n) is 6.35. The van der Waals surface area contributed by atoms with E-state index in [1.807, 2.05) is 0 Å². The van der Waals surface area contributed by atoms with Crippen LogP contribution in [0.4, 0.5) is 19.0 Å². The first-order valence-corrected chi connectivity index (χ1v) is 6.35. The second-order valence-corrected chi connectivity index (χ2v) is 5.25. The van der Waals surface area contributed by atoms with Gasteiger partial charge in [0.1, 0.15) is 11.5 Å². The molecule has 2 nitrogen and oxygen atoms in total. The Hall–Kier alpha value is -1.26. The van der Waals surface area contributed by atoms with Crippen molar-refractivity contribution >= 4 is 5.82 Å². The van der Waals surface area contributed by atoms with Crippen molar-refractivity contribution in [2.75, 3.05) is 5.32 Å². The maximum atomic E-state index is 12.6. The van der Waals surface area contributed by atoms with Crippen molar-refractivity contribution in [1.82, 2.24) is 4.98 Å². The fourth-order valence-corrected chi connectivity index (χ4v) is 2.38. The zero-order valence-corrected chi connectivity index (χ0v) is 9.87. The molecule has 0 atom stereocenters. The van der Waals surface area contributed by atoms with Gasteiger partial charge in [0.2, 0.25) is 0 Å². The van der Waals surface area contributed by atoms with Gasteiger partial charge in [-0.3, -0.25) is 0 Å². The molecule has 3 rings (SSSR count). The Balaban J connectivity index is 1.75. The van der Waals surface area contributed by atoms with Gasteiger partial charge in [0.25, 0.3) is 0 Å². The highest BCUT2D eigenvalue weighted by atomic mass is 19.4. The maximum absolute atomic E-state index is 12.6. The van der Waals surface area contributed by atoms with E-state index in [0.29, 0.717) is 23.7 Å². The van der Waals surface area contributed by atoms with Gasteiger partial charge in [0.05, 0.1) is 0 Å². The third-order valence-electron chi connectivity index (χ3n) is 3.61. The number of nitrogens with one attached hydrogen (secondary N) is 1. The Kier molecular flexibility index (Phi) is 2.72. The van der Waals surface area contributed by atoms with Crippen LogP contribution in [0.1, 0.15) is 31.4 Å². The normalized spacial score (nSPS) is 20.2. The molecular formula is C13H15F3N2. The van der Waals surface area contributed by atoms with E-state index in [9.17, 15) is 13.2 Å². The van der Waals surface area contributed by atoms with Crippen LogP contribution < -0.4 is 5.32 Å². The summed E-state index contributed by atoms with van der Waals surface area (Å²) in [5, 5.41) is 3.20. The fraction of sp³-hybridized carbons (Fsp3) is 0.615. The van der Waals surface area contributed by atoms with Gasteiger partial charge in [0, 0.05) is 6.04 Å². The topological polar surface area (TPSA) is 24.9 Å². The smallest absolute Gasteiger partial charge is 0.367 e. The van der Waals surface area contributed by atoms with E-state index in [-0.39, 0.29) is 0 Å². The molecule has 0 spiro atoms. The minimum absolute atomic E-state index is 0.320. The lowest BCUT2D eigenvalue weighted by atomic mass is 10.1. The third-order valence-corrected chi connectivity index (χ3v) is 3.61. The molecule has 1 aromatic heterocycles. The van der Waals surface area contributed by atoms with Crippen molar-refractivity contribution in [3.8, 4) is 0 Å². The molecule has 0 unspecified atom stereocenters. The van der Waals surface area contributed by atoms with E-state index in [2.05, 4.69) is 10.3 Å². The standard InChI is InChI=1S/C13H15F3N2/c14-13(15,16)10-2-1-3-11(17-10)18-12(8-4-5-8)9-6-7-9/h1-3,8-9,12H,4-7H2,(H,17,18). The van der Waals surface area contributed by atoms with Crippen molar-refractivity contribution in [2.24, 2.45) is 11.8 Å². The second kappa shape index (κ2) is 4.14. The van der Waals surface area contributed by atoms with Crippen LogP contribution in [0, 0.1) is 11.8 Å². The highest BCUT2D eigenvalue weighted by Gasteiger charge is 2.41. The van der Waals surface area contributed by atoms with Gasteiger partial charge in [-0.1, -0.05) is 6.07 Å². The molecule has 0 aliphatic heterocycles. The van der Waals surface area contributed by atoms with E-state index in [4.69, 9.17) is 0 Å². The molecule has 2 saturated carbocycles. The summed E-state index contributed by atoms with van der Waals surface area (Å²) in [5.41, 5.74) is -0.821. The largest absolute Gasteiger partial charge is 0.433 e. The van der Waals surface area contributed by atoms with E-state index in [1.54, 1.807) is 6.07 Å². The minimum Gasteiger partial charge on any atom is -0.367 e. The number of rotatable bonds is 4. The van der Waals surface area contributed by atoms with Gasteiger partial charge in [-0.25, -0.2) is 4.98 Å². The van der Waals surface area contributed by atoms with Crippen molar-refractivity contribution in [3.63, 3.8) is 0 Å². The first-order chi connectivity index (χ1) is 8.54. The summed E-state index contributed by atoms with van der Waals surface area (Å²) in [6, 6.07) is 4.36. The molecule has 0 saturated heterocycles. The highest BCUT2D eigenvalue weighted by Crippen LogP contribution is 2.45. The molecule has 2 aliphatic carbocycles. The summed E-state index contributed by atoms with van der Waals surface area (Å²) in [5.74, 6) is 1.62. The predicted molar refractivity (Wildman–Crippen MR) is 62.1 cm³/mol. The molecule has 0 bridgehead atoms. The SMILES string of the molecule is FC(F)(F)c1cccc(NC(C2CC2)C2CC2)n1. The van der Waals surface area contributed by atoms with Crippen LogP contribution >= 0.6 is 0 Å². The summed E-state index contributed by atoms with van der Waals surface area (Å²) in [6.45, 7) is 0. The molecular weight excluding hydrogens is 241 g/mol. The summed E-state index contributed by atoms with van der Waals surface area (Å²) in [7, 11) is 0. The molecule has 0 radical (unpaired) electrons. The maximum Gasteiger partial charge on any atom is 0.433 e. The summed E-state index contributed by atoms with van der Waals surface area (Å²) < 4.78 is 37.7. The molecule has 1 N–H and O–H groups in total. The van der Waals surface area contributed by atoms with Gasteiger partial charge >= 0.3 is 6.18 Å². The van der Waals surface area contributed by atoms with Gasteiger partial charge in [0.15, 0.2) is 0 Å². The first kappa shape index (κ1) is 11.8. The Morgan fingerprint density at radius 3 is 2.22 bits per heavy atom. The number of hydrogen-bond donors (Lipinski definition) is 1. The highest BCUT2D eigenvalue weighted by molar-refractivity contribution is 5.38. The van der Waals surface area contributed by atoms with Gasteiger partial charge in [-0.15, -0.1) is 0 Å². The lowest BCUT2D eigenvalue weighted by molar-refractivity contribution is -0.141. The summed E-state index contributed by atoms with van der Waals surface area (Å²) >= 11 is 0. The van der Waals surface area contributed by atoms with Gasteiger partial charge in [-0.2, -0.15) is 13.2 Å². The number of pyridine rings is 1. The third kappa shape index (κ3) is 2.60. The average molecular weight is 256 g/mol. The zero-order valence-electron chi connectivity index (χ0n) is 9.87. The lowest BCUT2D eigenvalue weighted by Crippen LogP contribution is -2.25. The zero-order chi connectivity index (χ0) is 12.8. The molecule has 2 aliphatic rings. The van der Waals surface area contributed by atoms with Crippen LogP contribution in [0.5, 0.6) is 0 Å². The molecule has 0 amide bonds. The predicted octanol–water partition coefficient (Wildman–Crippen LogP) is 3.70. The van der Waals surface area contributed by atoms with Crippen molar-refractivity contribution in [1.29, 1.82) is 0 Å². The van der Waals surface area contributed by atoms with Gasteiger partial charge in [-0.05, 0) is 49.7 Å². The van der Waals surface area contributed by atoms with Crippen LogP contribution in [0.25, 0.3) is 0 Å². The molecule has 5 heteroatoms. The fourth-order valence-electron chi connectivity index (χ4n) is 2.38. The summed E-state index contributed by atoms with van der Waals surface area (Å²) in [6.07, 6.45) is 0.382. The van der Waals surface area contributed by atoms with Crippen molar-refractivity contribution < 1.29 is 13.2 Å². The molecule has 0 aromatic carbocycles.